The van der Waals surface area contributed by atoms with E-state index < -0.39 is 0 Å². The number of halogens is 1. The quantitative estimate of drug-likeness (QED) is 0.837. The summed E-state index contributed by atoms with van der Waals surface area (Å²) in [6.07, 6.45) is 0. The maximum Gasteiger partial charge on any atom is 0.223 e. The summed E-state index contributed by atoms with van der Waals surface area (Å²) in [5.74, 6) is 0.948. The molecule has 2 rings (SSSR count). The van der Waals surface area contributed by atoms with Gasteiger partial charge in [0.2, 0.25) is 5.95 Å². The van der Waals surface area contributed by atoms with Crippen molar-refractivity contribution >= 4 is 35.1 Å². The van der Waals surface area contributed by atoms with Crippen LogP contribution in [0.1, 0.15) is 0 Å². The number of aromatic nitrogens is 2. The van der Waals surface area contributed by atoms with Crippen molar-refractivity contribution in [1.29, 1.82) is 0 Å². The zero-order chi connectivity index (χ0) is 12.3. The third-order valence-electron chi connectivity index (χ3n) is 1.99. The molecule has 3 N–H and O–H groups in total. The first kappa shape index (κ1) is 12.0. The molecule has 0 bridgehead atoms. The van der Waals surface area contributed by atoms with Gasteiger partial charge in [0.1, 0.15) is 10.8 Å². The number of nitrogen functional groups attached to an aromatic ring is 1. The first-order valence-corrected chi connectivity index (χ1v) is 6.12. The summed E-state index contributed by atoms with van der Waals surface area (Å²) < 4.78 is 0. The highest BCUT2D eigenvalue weighted by Gasteiger charge is 2.03. The second-order valence-electron chi connectivity index (χ2n) is 3.26. The Bertz CT molecular complexity index is 533. The summed E-state index contributed by atoms with van der Waals surface area (Å²) >= 11 is 7.41. The molecule has 1 aromatic heterocycles. The van der Waals surface area contributed by atoms with Crippen molar-refractivity contribution < 1.29 is 0 Å². The van der Waals surface area contributed by atoms with Crippen LogP contribution < -0.4 is 11.1 Å². The van der Waals surface area contributed by atoms with Crippen LogP contribution in [0.3, 0.4) is 0 Å². The van der Waals surface area contributed by atoms with Crippen LogP contribution in [-0.4, -0.2) is 17.0 Å². The summed E-state index contributed by atoms with van der Waals surface area (Å²) in [4.78, 5) is 9.19. The molecule has 0 spiro atoms. The third kappa shape index (κ3) is 3.25. The summed E-state index contributed by atoms with van der Waals surface area (Å²) in [5, 5.41) is 4.42. The highest BCUT2D eigenvalue weighted by molar-refractivity contribution is 7.99. The largest absolute Gasteiger partial charge is 0.373 e. The summed E-state index contributed by atoms with van der Waals surface area (Å²) in [7, 11) is 1.79. The average Bonchev–Trinajstić information content (AvgIpc) is 2.28. The van der Waals surface area contributed by atoms with Crippen LogP contribution in [0, 0.1) is 0 Å². The monoisotopic (exact) mass is 266 g/mol. The summed E-state index contributed by atoms with van der Waals surface area (Å²) in [6.45, 7) is 0. The van der Waals surface area contributed by atoms with Crippen LogP contribution >= 0.6 is 23.4 Å². The smallest absolute Gasteiger partial charge is 0.223 e. The molecular formula is C11H11ClN4S. The molecule has 0 saturated carbocycles. The number of benzene rings is 1. The Balaban J connectivity index is 2.26. The number of hydrogen-bond donors (Lipinski definition) is 2. The zero-order valence-corrected chi connectivity index (χ0v) is 10.7. The van der Waals surface area contributed by atoms with Gasteiger partial charge in [-0.05, 0) is 18.2 Å². The molecule has 0 radical (unpaired) electrons. The lowest BCUT2D eigenvalue weighted by Crippen LogP contribution is -2.00. The number of nitrogens with two attached hydrogens (primary N) is 1. The fraction of sp³-hybridized carbons (Fsp3) is 0.0909. The third-order valence-corrected chi connectivity index (χ3v) is 3.14. The SMILES string of the molecule is CNc1cc(Sc2cccc(Cl)c2)nc(N)n1. The van der Waals surface area contributed by atoms with Crippen molar-refractivity contribution in [2.45, 2.75) is 9.92 Å². The average molecular weight is 267 g/mol. The molecule has 0 aliphatic rings. The van der Waals surface area contributed by atoms with E-state index in [9.17, 15) is 0 Å². The predicted octanol–water partition coefficient (Wildman–Crippen LogP) is 2.91. The Labute approximate surface area is 109 Å². The van der Waals surface area contributed by atoms with Crippen LogP contribution in [0.5, 0.6) is 0 Å². The second-order valence-corrected chi connectivity index (χ2v) is 4.79. The molecule has 0 aliphatic heterocycles. The van der Waals surface area contributed by atoms with E-state index in [0.717, 1.165) is 9.92 Å². The van der Waals surface area contributed by atoms with Gasteiger partial charge in [-0.1, -0.05) is 29.4 Å². The number of anilines is 2. The molecule has 1 heterocycles. The fourth-order valence-electron chi connectivity index (χ4n) is 1.27. The minimum absolute atomic E-state index is 0.251. The van der Waals surface area contributed by atoms with Gasteiger partial charge in [0.15, 0.2) is 0 Å². The van der Waals surface area contributed by atoms with Gasteiger partial charge in [-0.15, -0.1) is 0 Å². The molecule has 0 unspecified atom stereocenters. The topological polar surface area (TPSA) is 63.8 Å². The van der Waals surface area contributed by atoms with Gasteiger partial charge in [0.25, 0.3) is 0 Å². The van der Waals surface area contributed by atoms with E-state index >= 15 is 0 Å². The molecule has 0 atom stereocenters. The van der Waals surface area contributed by atoms with Gasteiger partial charge in [0, 0.05) is 23.0 Å². The maximum atomic E-state index is 5.92. The number of hydrogen-bond acceptors (Lipinski definition) is 5. The standard InChI is InChI=1S/C11H11ClN4S/c1-14-9-6-10(16-11(13)15-9)17-8-4-2-3-7(12)5-8/h2-6H,1H3,(H3,13,14,15,16). The van der Waals surface area contributed by atoms with Gasteiger partial charge in [-0.2, -0.15) is 4.98 Å². The van der Waals surface area contributed by atoms with Crippen molar-refractivity contribution in [1.82, 2.24) is 9.97 Å². The number of nitrogens with one attached hydrogen (secondary N) is 1. The van der Waals surface area contributed by atoms with E-state index in [1.165, 1.54) is 11.8 Å². The van der Waals surface area contributed by atoms with Crippen molar-refractivity contribution in [3.8, 4) is 0 Å². The van der Waals surface area contributed by atoms with E-state index in [1.807, 2.05) is 30.3 Å². The Morgan fingerprint density at radius 1 is 1.29 bits per heavy atom. The van der Waals surface area contributed by atoms with Gasteiger partial charge in [-0.25, -0.2) is 4.98 Å². The minimum Gasteiger partial charge on any atom is -0.373 e. The molecule has 2 aromatic rings. The highest BCUT2D eigenvalue weighted by Crippen LogP contribution is 2.29. The van der Waals surface area contributed by atoms with Crippen molar-refractivity contribution in [3.63, 3.8) is 0 Å². The number of rotatable bonds is 3. The van der Waals surface area contributed by atoms with E-state index in [0.29, 0.717) is 10.8 Å². The Kier molecular flexibility index (Phi) is 3.71. The lowest BCUT2D eigenvalue weighted by atomic mass is 10.4. The second kappa shape index (κ2) is 5.25. The Morgan fingerprint density at radius 2 is 2.12 bits per heavy atom. The van der Waals surface area contributed by atoms with Crippen LogP contribution in [0.15, 0.2) is 40.3 Å². The van der Waals surface area contributed by atoms with Gasteiger partial charge in [0.05, 0.1) is 0 Å². The van der Waals surface area contributed by atoms with Crippen LogP contribution in [0.2, 0.25) is 5.02 Å². The maximum absolute atomic E-state index is 5.92. The zero-order valence-electron chi connectivity index (χ0n) is 9.14. The summed E-state index contributed by atoms with van der Waals surface area (Å²) in [5.41, 5.74) is 5.62. The van der Waals surface area contributed by atoms with Crippen LogP contribution in [0.4, 0.5) is 11.8 Å². The van der Waals surface area contributed by atoms with Crippen molar-refractivity contribution in [2.75, 3.05) is 18.1 Å². The molecule has 4 nitrogen and oxygen atoms in total. The molecule has 0 aliphatic carbocycles. The molecule has 1 aromatic carbocycles. The van der Waals surface area contributed by atoms with Crippen LogP contribution in [0.25, 0.3) is 0 Å². The molecule has 0 fully saturated rings. The van der Waals surface area contributed by atoms with Crippen LogP contribution in [-0.2, 0) is 0 Å². The highest BCUT2D eigenvalue weighted by atomic mass is 35.5. The first-order chi connectivity index (χ1) is 8.17. The Hall–Kier alpha value is -1.46. The van der Waals surface area contributed by atoms with Crippen molar-refractivity contribution in [3.05, 3.63) is 35.4 Å². The normalized spacial score (nSPS) is 10.2. The number of nitrogens with zero attached hydrogens (tertiary/aromatic N) is 2. The molecule has 6 heteroatoms. The lowest BCUT2D eigenvalue weighted by Gasteiger charge is -2.05. The molecular weight excluding hydrogens is 256 g/mol. The lowest BCUT2D eigenvalue weighted by molar-refractivity contribution is 1.06. The van der Waals surface area contributed by atoms with E-state index in [1.54, 1.807) is 7.05 Å². The van der Waals surface area contributed by atoms with Crippen molar-refractivity contribution in [2.24, 2.45) is 0 Å². The molecule has 17 heavy (non-hydrogen) atoms. The fourth-order valence-corrected chi connectivity index (χ4v) is 2.41. The van der Waals surface area contributed by atoms with Gasteiger partial charge < -0.3 is 11.1 Å². The van der Waals surface area contributed by atoms with Gasteiger partial charge in [-0.3, -0.25) is 0 Å². The van der Waals surface area contributed by atoms with E-state index in [4.69, 9.17) is 17.3 Å². The van der Waals surface area contributed by atoms with E-state index in [-0.39, 0.29) is 5.95 Å². The minimum atomic E-state index is 0.251. The first-order valence-electron chi connectivity index (χ1n) is 4.93. The van der Waals surface area contributed by atoms with Gasteiger partial charge >= 0.3 is 0 Å². The molecule has 0 saturated heterocycles. The molecule has 0 amide bonds. The molecule has 88 valence electrons. The van der Waals surface area contributed by atoms with E-state index in [2.05, 4.69) is 15.3 Å². The Morgan fingerprint density at radius 3 is 2.82 bits per heavy atom. The summed E-state index contributed by atoms with van der Waals surface area (Å²) in [6, 6.07) is 9.41. The predicted molar refractivity (Wildman–Crippen MR) is 71.6 cm³/mol.